The lowest BCUT2D eigenvalue weighted by atomic mass is 10.1. The van der Waals surface area contributed by atoms with E-state index in [1.54, 1.807) is 9.80 Å². The molecule has 1 aliphatic rings. The van der Waals surface area contributed by atoms with Crippen molar-refractivity contribution >= 4 is 11.7 Å². The second-order valence-electron chi connectivity index (χ2n) is 6.19. The SMILES string of the molecule is Cc1cccc(CNC(=O)N2CCN(c3c(F)cccc3F)CC2)c1. The Kier molecular flexibility index (Phi) is 5.16. The summed E-state index contributed by atoms with van der Waals surface area (Å²) in [5.41, 5.74) is 2.18. The summed E-state index contributed by atoms with van der Waals surface area (Å²) < 4.78 is 27.7. The molecule has 0 aliphatic carbocycles. The third-order valence-electron chi connectivity index (χ3n) is 4.35. The molecule has 0 atom stereocenters. The van der Waals surface area contributed by atoms with Gasteiger partial charge in [-0.3, -0.25) is 0 Å². The van der Waals surface area contributed by atoms with Gasteiger partial charge in [-0.25, -0.2) is 13.6 Å². The minimum absolute atomic E-state index is 0.0117. The topological polar surface area (TPSA) is 35.6 Å². The number of urea groups is 1. The van der Waals surface area contributed by atoms with Crippen LogP contribution < -0.4 is 10.2 Å². The predicted octanol–water partition coefficient (Wildman–Crippen LogP) is 3.31. The maximum absolute atomic E-state index is 13.9. The molecule has 132 valence electrons. The summed E-state index contributed by atoms with van der Waals surface area (Å²) in [5, 5.41) is 2.89. The molecule has 0 spiro atoms. The van der Waals surface area contributed by atoms with E-state index < -0.39 is 11.6 Å². The molecule has 3 rings (SSSR count). The third-order valence-corrected chi connectivity index (χ3v) is 4.35. The molecule has 4 nitrogen and oxygen atoms in total. The summed E-state index contributed by atoms with van der Waals surface area (Å²) in [5.74, 6) is -1.14. The van der Waals surface area contributed by atoms with E-state index in [4.69, 9.17) is 0 Å². The van der Waals surface area contributed by atoms with Gasteiger partial charge in [0.25, 0.3) is 0 Å². The lowest BCUT2D eigenvalue weighted by molar-refractivity contribution is 0.193. The van der Waals surface area contributed by atoms with Gasteiger partial charge in [-0.15, -0.1) is 0 Å². The fourth-order valence-corrected chi connectivity index (χ4v) is 3.04. The Morgan fingerprint density at radius 1 is 1.04 bits per heavy atom. The average Bonchev–Trinajstić information content (AvgIpc) is 2.60. The Labute approximate surface area is 146 Å². The number of anilines is 1. The highest BCUT2D eigenvalue weighted by Gasteiger charge is 2.24. The van der Waals surface area contributed by atoms with Crippen LogP contribution in [0.3, 0.4) is 0 Å². The minimum atomic E-state index is -0.572. The number of amides is 2. The minimum Gasteiger partial charge on any atom is -0.363 e. The Morgan fingerprint density at radius 3 is 2.32 bits per heavy atom. The predicted molar refractivity (Wildman–Crippen MR) is 93.6 cm³/mol. The number of hydrogen-bond acceptors (Lipinski definition) is 2. The van der Waals surface area contributed by atoms with Crippen LogP contribution in [0.15, 0.2) is 42.5 Å². The molecule has 1 fully saturated rings. The van der Waals surface area contributed by atoms with Crippen LogP contribution in [0.5, 0.6) is 0 Å². The number of carbonyl (C=O) groups is 1. The van der Waals surface area contributed by atoms with E-state index in [1.807, 2.05) is 31.2 Å². The third kappa shape index (κ3) is 4.07. The van der Waals surface area contributed by atoms with Crippen molar-refractivity contribution in [2.24, 2.45) is 0 Å². The normalized spacial score (nSPS) is 14.5. The van der Waals surface area contributed by atoms with Gasteiger partial charge in [-0.2, -0.15) is 0 Å². The summed E-state index contributed by atoms with van der Waals surface area (Å²) in [6, 6.07) is 11.6. The number of halogens is 2. The highest BCUT2D eigenvalue weighted by molar-refractivity contribution is 5.74. The van der Waals surface area contributed by atoms with E-state index >= 15 is 0 Å². The van der Waals surface area contributed by atoms with Crippen molar-refractivity contribution in [2.75, 3.05) is 31.1 Å². The van der Waals surface area contributed by atoms with Crippen molar-refractivity contribution in [3.05, 3.63) is 65.2 Å². The number of nitrogens with one attached hydrogen (secondary N) is 1. The van der Waals surface area contributed by atoms with E-state index in [9.17, 15) is 13.6 Å². The average molecular weight is 345 g/mol. The Balaban J connectivity index is 1.54. The second kappa shape index (κ2) is 7.51. The van der Waals surface area contributed by atoms with E-state index in [2.05, 4.69) is 5.32 Å². The first-order chi connectivity index (χ1) is 12.0. The summed E-state index contributed by atoms with van der Waals surface area (Å²) in [4.78, 5) is 15.6. The van der Waals surface area contributed by atoms with Crippen LogP contribution in [0.1, 0.15) is 11.1 Å². The van der Waals surface area contributed by atoms with Gasteiger partial charge in [0.05, 0.1) is 0 Å². The van der Waals surface area contributed by atoms with Gasteiger partial charge < -0.3 is 15.1 Å². The number of carbonyl (C=O) groups excluding carboxylic acids is 1. The first-order valence-corrected chi connectivity index (χ1v) is 8.32. The van der Waals surface area contributed by atoms with E-state index in [0.29, 0.717) is 32.7 Å². The molecule has 2 aromatic rings. The number of piperazine rings is 1. The fourth-order valence-electron chi connectivity index (χ4n) is 3.04. The van der Waals surface area contributed by atoms with Crippen LogP contribution in [0.2, 0.25) is 0 Å². The van der Waals surface area contributed by atoms with Crippen LogP contribution in [-0.4, -0.2) is 37.1 Å². The summed E-state index contributed by atoms with van der Waals surface area (Å²) in [6.45, 7) is 4.11. The fraction of sp³-hybridized carbons (Fsp3) is 0.316. The Morgan fingerprint density at radius 2 is 1.68 bits per heavy atom. The van der Waals surface area contributed by atoms with Crippen LogP contribution in [0.25, 0.3) is 0 Å². The highest BCUT2D eigenvalue weighted by Crippen LogP contribution is 2.24. The molecule has 0 saturated carbocycles. The van der Waals surface area contributed by atoms with Crippen LogP contribution in [-0.2, 0) is 6.54 Å². The molecule has 1 aliphatic heterocycles. The molecule has 0 bridgehead atoms. The molecule has 1 N–H and O–H groups in total. The molecule has 1 heterocycles. The summed E-state index contributed by atoms with van der Waals surface area (Å²) in [7, 11) is 0. The number of benzene rings is 2. The maximum Gasteiger partial charge on any atom is 0.317 e. The Bertz CT molecular complexity index is 738. The van der Waals surface area contributed by atoms with Gasteiger partial charge in [0, 0.05) is 32.7 Å². The van der Waals surface area contributed by atoms with Gasteiger partial charge >= 0.3 is 6.03 Å². The lowest BCUT2D eigenvalue weighted by Crippen LogP contribution is -2.52. The zero-order valence-corrected chi connectivity index (χ0v) is 14.1. The zero-order chi connectivity index (χ0) is 17.8. The molecule has 6 heteroatoms. The molecule has 2 aromatic carbocycles. The lowest BCUT2D eigenvalue weighted by Gasteiger charge is -2.36. The first-order valence-electron chi connectivity index (χ1n) is 8.32. The molecule has 0 unspecified atom stereocenters. The molecular weight excluding hydrogens is 324 g/mol. The smallest absolute Gasteiger partial charge is 0.317 e. The molecule has 0 aromatic heterocycles. The number of para-hydroxylation sites is 1. The van der Waals surface area contributed by atoms with Crippen molar-refractivity contribution in [1.29, 1.82) is 0 Å². The largest absolute Gasteiger partial charge is 0.363 e. The number of rotatable bonds is 3. The zero-order valence-electron chi connectivity index (χ0n) is 14.1. The summed E-state index contributed by atoms with van der Waals surface area (Å²) in [6.07, 6.45) is 0. The summed E-state index contributed by atoms with van der Waals surface area (Å²) >= 11 is 0. The van der Waals surface area contributed by atoms with Crippen molar-refractivity contribution in [1.82, 2.24) is 10.2 Å². The maximum atomic E-state index is 13.9. The van der Waals surface area contributed by atoms with Crippen molar-refractivity contribution < 1.29 is 13.6 Å². The van der Waals surface area contributed by atoms with Crippen LogP contribution >= 0.6 is 0 Å². The van der Waals surface area contributed by atoms with Gasteiger partial charge in [0.15, 0.2) is 0 Å². The molecule has 1 saturated heterocycles. The molecule has 0 radical (unpaired) electrons. The van der Waals surface area contributed by atoms with Gasteiger partial charge in [-0.05, 0) is 24.6 Å². The first kappa shape index (κ1) is 17.2. The van der Waals surface area contributed by atoms with Crippen LogP contribution in [0, 0.1) is 18.6 Å². The quantitative estimate of drug-likeness (QED) is 0.926. The van der Waals surface area contributed by atoms with Gasteiger partial charge in [0.1, 0.15) is 17.3 Å². The number of hydrogen-bond donors (Lipinski definition) is 1. The molecule has 25 heavy (non-hydrogen) atoms. The number of nitrogens with zero attached hydrogens (tertiary/aromatic N) is 2. The molecular formula is C19H21F2N3O. The van der Waals surface area contributed by atoms with Crippen molar-refractivity contribution in [3.8, 4) is 0 Å². The highest BCUT2D eigenvalue weighted by atomic mass is 19.1. The van der Waals surface area contributed by atoms with Crippen molar-refractivity contribution in [2.45, 2.75) is 13.5 Å². The van der Waals surface area contributed by atoms with E-state index in [1.165, 1.54) is 18.2 Å². The van der Waals surface area contributed by atoms with E-state index in [-0.39, 0.29) is 11.7 Å². The second-order valence-corrected chi connectivity index (χ2v) is 6.19. The van der Waals surface area contributed by atoms with Gasteiger partial charge in [0.2, 0.25) is 0 Å². The van der Waals surface area contributed by atoms with Crippen molar-refractivity contribution in [3.63, 3.8) is 0 Å². The standard InChI is InChI=1S/C19H21F2N3O/c1-14-4-2-5-15(12-14)13-22-19(25)24-10-8-23(9-11-24)18-16(20)6-3-7-17(18)21/h2-7,12H,8-11,13H2,1H3,(H,22,25). The van der Waals surface area contributed by atoms with E-state index in [0.717, 1.165) is 11.1 Å². The Hall–Kier alpha value is -2.63. The van der Waals surface area contributed by atoms with Gasteiger partial charge in [-0.1, -0.05) is 35.9 Å². The number of aryl methyl sites for hydroxylation is 1. The molecule has 2 amide bonds. The van der Waals surface area contributed by atoms with Crippen LogP contribution in [0.4, 0.5) is 19.3 Å². The monoisotopic (exact) mass is 345 g/mol.